The first-order valence-electron chi connectivity index (χ1n) is 6.40. The molecule has 1 aromatic carbocycles. The summed E-state index contributed by atoms with van der Waals surface area (Å²) in [5.41, 5.74) is 0.956. The molecule has 0 spiro atoms. The summed E-state index contributed by atoms with van der Waals surface area (Å²) >= 11 is 3.42. The van der Waals surface area contributed by atoms with Gasteiger partial charge in [-0.25, -0.2) is 0 Å². The molecule has 0 bridgehead atoms. The van der Waals surface area contributed by atoms with Gasteiger partial charge >= 0.3 is 0 Å². The highest BCUT2D eigenvalue weighted by Gasteiger charge is 2.19. The summed E-state index contributed by atoms with van der Waals surface area (Å²) in [6.45, 7) is 1.24. The lowest BCUT2D eigenvalue weighted by atomic mass is 10.1. The summed E-state index contributed by atoms with van der Waals surface area (Å²) in [5.74, 6) is 0.801. The fourth-order valence-electron chi connectivity index (χ4n) is 2.16. The van der Waals surface area contributed by atoms with Gasteiger partial charge < -0.3 is 14.8 Å². The number of hydrogen-bond acceptors (Lipinski definition) is 3. The number of ether oxygens (including phenoxy) is 2. The minimum atomic E-state index is 0.0222. The van der Waals surface area contributed by atoms with Gasteiger partial charge in [-0.05, 0) is 31.0 Å². The molecule has 1 saturated heterocycles. The van der Waals surface area contributed by atoms with E-state index in [4.69, 9.17) is 9.47 Å². The Kier molecular flexibility index (Phi) is 5.22. The zero-order chi connectivity index (χ0) is 13.7. The number of methoxy groups -OCH3 is 1. The van der Waals surface area contributed by atoms with Crippen molar-refractivity contribution in [2.75, 3.05) is 13.7 Å². The summed E-state index contributed by atoms with van der Waals surface area (Å²) in [4.78, 5) is 11.8. The van der Waals surface area contributed by atoms with Gasteiger partial charge in [-0.15, -0.1) is 0 Å². The molecule has 1 amide bonds. The van der Waals surface area contributed by atoms with Crippen molar-refractivity contribution in [2.24, 2.45) is 0 Å². The van der Waals surface area contributed by atoms with E-state index in [0.29, 0.717) is 13.0 Å². The van der Waals surface area contributed by atoms with E-state index >= 15 is 0 Å². The lowest BCUT2D eigenvalue weighted by molar-refractivity contribution is -0.123. The molecule has 1 atom stereocenters. The van der Waals surface area contributed by atoms with E-state index in [1.165, 1.54) is 0 Å². The predicted molar refractivity (Wildman–Crippen MR) is 76.1 cm³/mol. The van der Waals surface area contributed by atoms with E-state index in [1.54, 1.807) is 7.11 Å². The summed E-state index contributed by atoms with van der Waals surface area (Å²) in [5, 5.41) is 2.91. The van der Waals surface area contributed by atoms with Gasteiger partial charge in [-0.1, -0.05) is 15.9 Å². The molecule has 1 aliphatic rings. The molecule has 1 heterocycles. The maximum absolute atomic E-state index is 11.8. The van der Waals surface area contributed by atoms with Gasteiger partial charge in [0.15, 0.2) is 0 Å². The summed E-state index contributed by atoms with van der Waals surface area (Å²) < 4.78 is 11.7. The molecule has 0 unspecified atom stereocenters. The first-order valence-corrected chi connectivity index (χ1v) is 7.19. The Hall–Kier alpha value is -1.07. The molecule has 0 aliphatic carbocycles. The van der Waals surface area contributed by atoms with Crippen molar-refractivity contribution in [2.45, 2.75) is 31.9 Å². The number of benzene rings is 1. The largest absolute Gasteiger partial charge is 0.496 e. The fraction of sp³-hybridized carbons (Fsp3) is 0.500. The Morgan fingerprint density at radius 2 is 2.42 bits per heavy atom. The number of rotatable bonds is 5. The summed E-state index contributed by atoms with van der Waals surface area (Å²) in [7, 11) is 1.63. The SMILES string of the molecule is COc1ccc(Br)cc1CNC(=O)C[C@@H]1CCCO1. The number of halogens is 1. The molecule has 104 valence electrons. The standard InChI is InChI=1S/C14H18BrNO3/c1-18-13-5-4-11(15)7-10(13)9-16-14(17)8-12-3-2-6-19-12/h4-5,7,12H,2-3,6,8-9H2,1H3,(H,16,17)/t12-/m0/s1. The Morgan fingerprint density at radius 3 is 3.11 bits per heavy atom. The van der Waals surface area contributed by atoms with Crippen molar-refractivity contribution >= 4 is 21.8 Å². The van der Waals surface area contributed by atoms with Crippen LogP contribution in [0.5, 0.6) is 5.75 Å². The van der Waals surface area contributed by atoms with E-state index in [2.05, 4.69) is 21.2 Å². The maximum Gasteiger partial charge on any atom is 0.222 e. The predicted octanol–water partition coefficient (Wildman–Crippen LogP) is 2.64. The third-order valence-corrected chi connectivity index (χ3v) is 3.65. The molecule has 4 nitrogen and oxygen atoms in total. The Morgan fingerprint density at radius 1 is 1.58 bits per heavy atom. The van der Waals surface area contributed by atoms with Gasteiger partial charge in [0.1, 0.15) is 5.75 Å². The second-order valence-corrected chi connectivity index (χ2v) is 5.49. The van der Waals surface area contributed by atoms with Gasteiger partial charge in [-0.3, -0.25) is 4.79 Å². The molecule has 19 heavy (non-hydrogen) atoms. The molecule has 1 aromatic rings. The molecular formula is C14H18BrNO3. The smallest absolute Gasteiger partial charge is 0.222 e. The third kappa shape index (κ3) is 4.21. The van der Waals surface area contributed by atoms with Gasteiger partial charge in [0.05, 0.1) is 19.6 Å². The molecule has 1 N–H and O–H groups in total. The quantitative estimate of drug-likeness (QED) is 0.904. The minimum Gasteiger partial charge on any atom is -0.496 e. The van der Waals surface area contributed by atoms with Crippen LogP contribution in [0.25, 0.3) is 0 Å². The average Bonchev–Trinajstić information content (AvgIpc) is 2.89. The van der Waals surface area contributed by atoms with Gasteiger partial charge in [0.2, 0.25) is 5.91 Å². The normalized spacial score (nSPS) is 18.3. The van der Waals surface area contributed by atoms with E-state index in [9.17, 15) is 4.79 Å². The van der Waals surface area contributed by atoms with E-state index < -0.39 is 0 Å². The molecule has 5 heteroatoms. The number of carbonyl (C=O) groups excluding carboxylic acids is 1. The van der Waals surface area contributed by atoms with Crippen molar-refractivity contribution in [3.8, 4) is 5.75 Å². The third-order valence-electron chi connectivity index (χ3n) is 3.16. The molecule has 1 fully saturated rings. The van der Waals surface area contributed by atoms with Crippen LogP contribution in [0.15, 0.2) is 22.7 Å². The lowest BCUT2D eigenvalue weighted by Crippen LogP contribution is -2.26. The fourth-order valence-corrected chi connectivity index (χ4v) is 2.57. The monoisotopic (exact) mass is 327 g/mol. The minimum absolute atomic E-state index is 0.0222. The molecular weight excluding hydrogens is 310 g/mol. The highest BCUT2D eigenvalue weighted by atomic mass is 79.9. The van der Waals surface area contributed by atoms with Crippen LogP contribution in [0.3, 0.4) is 0 Å². The number of amides is 1. The second-order valence-electron chi connectivity index (χ2n) is 4.57. The highest BCUT2D eigenvalue weighted by molar-refractivity contribution is 9.10. The van der Waals surface area contributed by atoms with Crippen LogP contribution in [0.4, 0.5) is 0 Å². The molecule has 0 aromatic heterocycles. The first-order chi connectivity index (χ1) is 9.19. The van der Waals surface area contributed by atoms with Crippen LogP contribution in [0, 0.1) is 0 Å². The first kappa shape index (κ1) is 14.3. The van der Waals surface area contributed by atoms with Crippen LogP contribution >= 0.6 is 15.9 Å². The second kappa shape index (κ2) is 6.91. The van der Waals surface area contributed by atoms with Crippen molar-refractivity contribution in [3.63, 3.8) is 0 Å². The average molecular weight is 328 g/mol. The molecule has 1 aliphatic heterocycles. The Bertz CT molecular complexity index is 444. The van der Waals surface area contributed by atoms with E-state index in [1.807, 2.05) is 18.2 Å². The Balaban J connectivity index is 1.87. The van der Waals surface area contributed by atoms with Gasteiger partial charge in [0.25, 0.3) is 0 Å². The topological polar surface area (TPSA) is 47.6 Å². The summed E-state index contributed by atoms with van der Waals surface area (Å²) in [6.07, 6.45) is 2.56. The van der Waals surface area contributed by atoms with Crippen LogP contribution in [-0.2, 0) is 16.1 Å². The molecule has 0 radical (unpaired) electrons. The van der Waals surface area contributed by atoms with Gasteiger partial charge in [0, 0.05) is 23.2 Å². The zero-order valence-corrected chi connectivity index (χ0v) is 12.5. The zero-order valence-electron chi connectivity index (χ0n) is 10.9. The van der Waals surface area contributed by atoms with Crippen LogP contribution < -0.4 is 10.1 Å². The van der Waals surface area contributed by atoms with Crippen molar-refractivity contribution in [3.05, 3.63) is 28.2 Å². The van der Waals surface area contributed by atoms with Crippen molar-refractivity contribution < 1.29 is 14.3 Å². The Labute approximate surface area is 121 Å². The molecule has 2 rings (SSSR count). The van der Waals surface area contributed by atoms with Crippen molar-refractivity contribution in [1.29, 1.82) is 0 Å². The van der Waals surface area contributed by atoms with Crippen molar-refractivity contribution in [1.82, 2.24) is 5.32 Å². The van der Waals surface area contributed by atoms with Crippen LogP contribution in [0.2, 0.25) is 0 Å². The number of nitrogens with one attached hydrogen (secondary N) is 1. The highest BCUT2D eigenvalue weighted by Crippen LogP contribution is 2.23. The van der Waals surface area contributed by atoms with E-state index in [-0.39, 0.29) is 12.0 Å². The number of hydrogen-bond donors (Lipinski definition) is 1. The number of carbonyl (C=O) groups is 1. The lowest BCUT2D eigenvalue weighted by Gasteiger charge is -2.12. The maximum atomic E-state index is 11.8. The summed E-state index contributed by atoms with van der Waals surface area (Å²) in [6, 6.07) is 5.74. The van der Waals surface area contributed by atoms with Crippen LogP contribution in [-0.4, -0.2) is 25.7 Å². The van der Waals surface area contributed by atoms with Gasteiger partial charge in [-0.2, -0.15) is 0 Å². The molecule has 0 saturated carbocycles. The van der Waals surface area contributed by atoms with Crippen LogP contribution in [0.1, 0.15) is 24.8 Å². The van der Waals surface area contributed by atoms with E-state index in [0.717, 1.165) is 35.2 Å².